The van der Waals surface area contributed by atoms with E-state index in [1.165, 1.54) is 30.0 Å². The van der Waals surface area contributed by atoms with Crippen LogP contribution in [0.25, 0.3) is 22.1 Å². The van der Waals surface area contributed by atoms with Crippen molar-refractivity contribution in [2.75, 3.05) is 43.1 Å². The van der Waals surface area contributed by atoms with Gasteiger partial charge in [-0.05, 0) is 122 Å². The molecule has 0 unspecified atom stereocenters. The van der Waals surface area contributed by atoms with Crippen molar-refractivity contribution in [1.82, 2.24) is 35.1 Å². The molecule has 74 heavy (non-hydrogen) atoms. The number of fused-ring (bicyclic) bond motifs is 2. The number of halogens is 2. The molecule has 0 spiro atoms. The van der Waals surface area contributed by atoms with Gasteiger partial charge in [0.05, 0.1) is 67.8 Å². The van der Waals surface area contributed by atoms with Gasteiger partial charge >= 0.3 is 6.09 Å². The molecular weight excluding hydrogens is 953 g/mol. The highest BCUT2D eigenvalue weighted by molar-refractivity contribution is 6.88. The Morgan fingerprint density at radius 1 is 0.689 bits per heavy atom. The Hall–Kier alpha value is -6.29. The van der Waals surface area contributed by atoms with Crippen molar-refractivity contribution in [3.63, 3.8) is 0 Å². The lowest BCUT2D eigenvalue weighted by atomic mass is 9.89. The fraction of sp³-hybridized carbons (Fsp3) is 0.483. The van der Waals surface area contributed by atoms with Gasteiger partial charge in [-0.2, -0.15) is 0 Å². The number of carbonyl (C=O) groups is 3. The van der Waals surface area contributed by atoms with Gasteiger partial charge in [-0.1, -0.05) is 88.9 Å². The van der Waals surface area contributed by atoms with Crippen LogP contribution in [0, 0.1) is 29.9 Å². The van der Waals surface area contributed by atoms with Gasteiger partial charge in [0, 0.05) is 31.9 Å². The van der Waals surface area contributed by atoms with Crippen LogP contribution < -0.4 is 20.3 Å². The molecule has 16 heteroatoms. The quantitative estimate of drug-likeness (QED) is 0.0971. The topological polar surface area (TPSA) is 143 Å². The van der Waals surface area contributed by atoms with Gasteiger partial charge in [0.15, 0.2) is 11.6 Å². The van der Waals surface area contributed by atoms with Crippen molar-refractivity contribution >= 4 is 64.6 Å². The minimum absolute atomic E-state index is 0.0233. The zero-order chi connectivity index (χ0) is 52.2. The fourth-order valence-electron chi connectivity index (χ4n) is 12.2. The van der Waals surface area contributed by atoms with Crippen molar-refractivity contribution in [3.8, 4) is 0 Å². The lowest BCUT2D eigenvalue weighted by molar-refractivity contribution is -0.135. The minimum Gasteiger partial charge on any atom is -0.453 e. The maximum absolute atomic E-state index is 16.9. The molecule has 6 heterocycles. The summed E-state index contributed by atoms with van der Waals surface area (Å²) in [6, 6.07) is 22.7. The fourth-order valence-corrected chi connectivity index (χ4v) is 13.4. The Bertz CT molecular complexity index is 3010. The first-order valence-electron chi connectivity index (χ1n) is 26.9. The average molecular weight is 1030 g/mol. The largest absolute Gasteiger partial charge is 0.453 e. The van der Waals surface area contributed by atoms with Gasteiger partial charge in [-0.15, -0.1) is 0 Å². The highest BCUT2D eigenvalue weighted by Crippen LogP contribution is 2.49. The molecule has 4 aliphatic rings. The number of alkyl carbamates (subject to hydrolysis) is 1. The number of hydrogen-bond donors (Lipinski definition) is 3. The summed E-state index contributed by atoms with van der Waals surface area (Å²) < 4.78 is 38.7. The first-order chi connectivity index (χ1) is 35.4. The third kappa shape index (κ3) is 10.1. The van der Waals surface area contributed by atoms with Gasteiger partial charge < -0.3 is 39.6 Å². The molecule has 0 aliphatic carbocycles. The number of ether oxygens (including phenoxy) is 1. The number of nitrogens with one attached hydrogen (secondary N) is 3. The number of amides is 3. The monoisotopic (exact) mass is 1020 g/mol. The van der Waals surface area contributed by atoms with Crippen LogP contribution in [0.5, 0.6) is 0 Å². The molecule has 10 rings (SSSR count). The van der Waals surface area contributed by atoms with Crippen LogP contribution in [0.1, 0.15) is 137 Å². The van der Waals surface area contributed by atoms with Crippen LogP contribution in [-0.4, -0.2) is 95.0 Å². The SMILES string of the molecule is COC(=O)N[C@H](C(=O)N1CCC[C@H]1c1nc2cc([C@H]3CC[C@H](c4ccc5[nH]c([C@@H]6CCCN6C(=O)[CH]C(C)C)nc5c4)N3c3cc(F)c(N4CCC(c5ccc([Si](C)(C)C)cc5)CC4)c(F)c3)ccc2[nH]1)C(C)C. The van der Waals surface area contributed by atoms with Crippen LogP contribution in [0.3, 0.4) is 0 Å². The van der Waals surface area contributed by atoms with Crippen molar-refractivity contribution in [3.05, 3.63) is 119 Å². The zero-order valence-corrected chi connectivity index (χ0v) is 45.2. The highest BCUT2D eigenvalue weighted by Gasteiger charge is 2.40. The lowest BCUT2D eigenvalue weighted by Crippen LogP contribution is -2.51. The Morgan fingerprint density at radius 3 is 1.73 bits per heavy atom. The number of anilines is 2. The molecule has 13 nitrogen and oxygen atoms in total. The van der Waals surface area contributed by atoms with Crippen LogP contribution in [0.15, 0.2) is 72.8 Å². The van der Waals surface area contributed by atoms with E-state index in [0.717, 1.165) is 71.1 Å². The highest BCUT2D eigenvalue weighted by atomic mass is 28.3. The van der Waals surface area contributed by atoms with Crippen LogP contribution in [0.2, 0.25) is 19.6 Å². The van der Waals surface area contributed by atoms with Gasteiger partial charge in [0.25, 0.3) is 0 Å². The number of aromatic amines is 2. The summed E-state index contributed by atoms with van der Waals surface area (Å²) >= 11 is 0. The average Bonchev–Trinajstić information content (AvgIpc) is 4.24. The summed E-state index contributed by atoms with van der Waals surface area (Å²) in [6.07, 6.45) is 7.38. The van der Waals surface area contributed by atoms with Crippen LogP contribution in [-0.2, 0) is 14.3 Å². The molecule has 0 saturated carbocycles. The second-order valence-corrected chi connectivity index (χ2v) is 27.9. The van der Waals surface area contributed by atoms with E-state index in [2.05, 4.69) is 88.4 Å². The van der Waals surface area contributed by atoms with E-state index in [9.17, 15) is 14.4 Å². The second-order valence-electron chi connectivity index (χ2n) is 22.9. The van der Waals surface area contributed by atoms with Gasteiger partial charge in [-0.25, -0.2) is 23.5 Å². The predicted octanol–water partition coefficient (Wildman–Crippen LogP) is 11.3. The molecule has 0 bridgehead atoms. The minimum atomic E-state index is -1.43. The van der Waals surface area contributed by atoms with Crippen LogP contribution >= 0.6 is 0 Å². The maximum atomic E-state index is 16.9. The number of H-pyrrole nitrogens is 2. The molecule has 3 amide bonds. The van der Waals surface area contributed by atoms with Gasteiger partial charge in [0.2, 0.25) is 11.8 Å². The van der Waals surface area contributed by atoms with E-state index in [0.29, 0.717) is 62.9 Å². The van der Waals surface area contributed by atoms with Crippen molar-refractivity contribution < 1.29 is 27.9 Å². The molecule has 4 aliphatic heterocycles. The molecule has 5 atom stereocenters. The normalized spacial score (nSPS) is 21.2. The Kier molecular flexibility index (Phi) is 14.4. The molecule has 6 aromatic rings. The van der Waals surface area contributed by atoms with Crippen molar-refractivity contribution in [2.24, 2.45) is 11.8 Å². The predicted molar refractivity (Wildman–Crippen MR) is 290 cm³/mol. The lowest BCUT2D eigenvalue weighted by Gasteiger charge is -2.36. The smallest absolute Gasteiger partial charge is 0.407 e. The van der Waals surface area contributed by atoms with Gasteiger partial charge in [0.1, 0.15) is 23.4 Å². The number of likely N-dealkylation sites (tertiary alicyclic amines) is 2. The summed E-state index contributed by atoms with van der Waals surface area (Å²) in [5.41, 5.74) is 6.90. The van der Waals surface area contributed by atoms with Crippen molar-refractivity contribution in [2.45, 2.75) is 135 Å². The van der Waals surface area contributed by atoms with E-state index in [4.69, 9.17) is 14.7 Å². The molecule has 4 aromatic carbocycles. The molecule has 4 fully saturated rings. The zero-order valence-electron chi connectivity index (χ0n) is 44.2. The third-order valence-electron chi connectivity index (χ3n) is 16.1. The number of methoxy groups -OCH3 is 1. The number of benzene rings is 4. The van der Waals surface area contributed by atoms with Gasteiger partial charge in [-0.3, -0.25) is 9.59 Å². The summed E-state index contributed by atoms with van der Waals surface area (Å²) in [5, 5.41) is 4.15. The van der Waals surface area contributed by atoms with Crippen molar-refractivity contribution in [1.29, 1.82) is 0 Å². The number of rotatable bonds is 13. The van der Waals surface area contributed by atoms with E-state index in [1.54, 1.807) is 11.3 Å². The molecule has 1 radical (unpaired) electrons. The number of hydrogen-bond acceptors (Lipinski definition) is 8. The first kappa shape index (κ1) is 51.2. The van der Waals surface area contributed by atoms with E-state index >= 15 is 8.78 Å². The Balaban J connectivity index is 0.957. The second kappa shape index (κ2) is 20.8. The molecular formula is C58H72F2N9O4Si. The summed E-state index contributed by atoms with van der Waals surface area (Å²) in [4.78, 5) is 64.5. The Labute approximate surface area is 434 Å². The standard InChI is InChI=1S/C58H72F2N9O4Si/c1-34(2)29-52(70)67-25-9-11-50(67)55-61-44-19-15-38(30-46(44)63-55)48-21-22-49(39-16-20-45-47(31-39)64-56(62-45)51-12-10-26-68(51)57(71)53(35(3)4)65-58(72)73-5)69(48)40-32-42(59)54(43(60)33-40)66-27-23-37(24-28-66)36-13-17-41(18-14-36)74(6,7)8/h13-20,29-35,37,48-51,53H,9-12,21-28H2,1-8H3,(H,61,63)(H,62,64)(H,65,72)/t48-,49-,50+,51+,53+/m1/s1. The van der Waals surface area contributed by atoms with E-state index in [1.807, 2.05) is 49.6 Å². The number of piperidine rings is 1. The summed E-state index contributed by atoms with van der Waals surface area (Å²) in [6.45, 7) is 17.2. The number of imidazole rings is 2. The first-order valence-corrected chi connectivity index (χ1v) is 30.4. The van der Waals surface area contributed by atoms with E-state index in [-0.39, 0.29) is 53.5 Å². The summed E-state index contributed by atoms with van der Waals surface area (Å²) in [5.74, 6) is 0.431. The number of aromatic nitrogens is 4. The molecule has 3 N–H and O–H groups in total. The number of carbonyl (C=O) groups excluding carboxylic acids is 3. The third-order valence-corrected chi connectivity index (χ3v) is 18.2. The summed E-state index contributed by atoms with van der Waals surface area (Å²) in [7, 11) is -0.143. The molecule has 4 saturated heterocycles. The molecule has 391 valence electrons. The molecule has 2 aromatic heterocycles. The van der Waals surface area contributed by atoms with Crippen LogP contribution in [0.4, 0.5) is 25.0 Å². The Morgan fingerprint density at radius 2 is 1.22 bits per heavy atom. The maximum Gasteiger partial charge on any atom is 0.407 e. The number of nitrogens with zero attached hydrogens (tertiary/aromatic N) is 6. The van der Waals surface area contributed by atoms with E-state index < -0.39 is 31.8 Å².